The van der Waals surface area contributed by atoms with E-state index in [1.54, 1.807) is 6.20 Å². The quantitative estimate of drug-likeness (QED) is 0.782. The van der Waals surface area contributed by atoms with Crippen LogP contribution in [0.1, 0.15) is 21.5 Å². The van der Waals surface area contributed by atoms with E-state index in [1.165, 1.54) is 0 Å². The van der Waals surface area contributed by atoms with Crippen molar-refractivity contribution in [2.24, 2.45) is 0 Å². The number of hydrogen-bond acceptors (Lipinski definition) is 4. The molecule has 0 saturated carbocycles. The van der Waals surface area contributed by atoms with E-state index in [0.29, 0.717) is 17.9 Å². The second-order valence-electron chi connectivity index (χ2n) is 6.17. The highest BCUT2D eigenvalue weighted by atomic mass is 16.7. The predicted molar refractivity (Wildman–Crippen MR) is 98.1 cm³/mol. The zero-order chi connectivity index (χ0) is 17.9. The third-order valence-electron chi connectivity index (χ3n) is 4.25. The second kappa shape index (κ2) is 6.88. The molecule has 2 heterocycles. The van der Waals surface area contributed by atoms with Gasteiger partial charge in [-0.25, -0.2) is 0 Å². The molecule has 0 aliphatic carbocycles. The number of aryl methyl sites for hydroxylation is 1. The van der Waals surface area contributed by atoms with Crippen LogP contribution >= 0.6 is 0 Å². The molecule has 0 spiro atoms. The van der Waals surface area contributed by atoms with Crippen molar-refractivity contribution >= 4 is 5.91 Å². The lowest BCUT2D eigenvalue weighted by Crippen LogP contribution is -2.22. The molecular weight excluding hydrogens is 328 g/mol. The predicted octanol–water partition coefficient (Wildman–Crippen LogP) is 3.72. The number of carbonyl (C=O) groups excluding carboxylic acids is 1. The first-order valence-corrected chi connectivity index (χ1v) is 8.39. The van der Waals surface area contributed by atoms with Gasteiger partial charge in [-0.2, -0.15) is 0 Å². The molecule has 0 bridgehead atoms. The summed E-state index contributed by atoms with van der Waals surface area (Å²) in [7, 11) is 0. The largest absolute Gasteiger partial charge is 0.454 e. The Morgan fingerprint density at radius 3 is 2.65 bits per heavy atom. The van der Waals surface area contributed by atoms with Crippen molar-refractivity contribution in [1.82, 2.24) is 10.3 Å². The number of pyridine rings is 1. The van der Waals surface area contributed by atoms with Gasteiger partial charge in [0, 0.05) is 23.9 Å². The van der Waals surface area contributed by atoms with Crippen molar-refractivity contribution in [3.63, 3.8) is 0 Å². The maximum Gasteiger partial charge on any atom is 0.251 e. The first kappa shape index (κ1) is 16.1. The third-order valence-corrected chi connectivity index (χ3v) is 4.25. The lowest BCUT2D eigenvalue weighted by molar-refractivity contribution is 0.0951. The molecule has 1 N–H and O–H groups in total. The van der Waals surface area contributed by atoms with E-state index in [1.807, 2.05) is 61.5 Å². The Kier molecular flexibility index (Phi) is 4.27. The summed E-state index contributed by atoms with van der Waals surface area (Å²) in [5.74, 6) is 1.33. The van der Waals surface area contributed by atoms with Gasteiger partial charge in [0.2, 0.25) is 6.79 Å². The molecule has 0 radical (unpaired) electrons. The fourth-order valence-corrected chi connectivity index (χ4v) is 2.82. The number of carbonyl (C=O) groups is 1. The fourth-order valence-electron chi connectivity index (χ4n) is 2.82. The van der Waals surface area contributed by atoms with E-state index in [-0.39, 0.29) is 12.7 Å². The number of aromatic nitrogens is 1. The monoisotopic (exact) mass is 346 g/mol. The first-order valence-electron chi connectivity index (χ1n) is 8.39. The van der Waals surface area contributed by atoms with Crippen molar-refractivity contribution in [2.45, 2.75) is 13.5 Å². The highest BCUT2D eigenvalue weighted by Gasteiger charge is 2.13. The maximum absolute atomic E-state index is 12.4. The molecule has 0 saturated heterocycles. The summed E-state index contributed by atoms with van der Waals surface area (Å²) in [6.45, 7) is 2.70. The molecule has 26 heavy (non-hydrogen) atoms. The molecule has 0 atom stereocenters. The molecule has 0 fully saturated rings. The van der Waals surface area contributed by atoms with Crippen LogP contribution in [0.3, 0.4) is 0 Å². The smallest absolute Gasteiger partial charge is 0.251 e. The number of fused-ring (bicyclic) bond motifs is 1. The van der Waals surface area contributed by atoms with Gasteiger partial charge in [0.05, 0.1) is 5.69 Å². The summed E-state index contributed by atoms with van der Waals surface area (Å²) in [4.78, 5) is 16.7. The summed E-state index contributed by atoms with van der Waals surface area (Å²) < 4.78 is 10.6. The van der Waals surface area contributed by atoms with Crippen molar-refractivity contribution in [3.8, 4) is 22.8 Å². The summed E-state index contributed by atoms with van der Waals surface area (Å²) in [5.41, 5.74) is 4.62. The minimum Gasteiger partial charge on any atom is -0.454 e. The molecule has 1 aliphatic rings. The molecule has 5 nitrogen and oxygen atoms in total. The van der Waals surface area contributed by atoms with E-state index in [9.17, 15) is 4.79 Å². The molecule has 3 aromatic rings. The lowest BCUT2D eigenvalue weighted by Gasteiger charge is -2.07. The number of ether oxygens (including phenoxy) is 2. The van der Waals surface area contributed by atoms with Gasteiger partial charge in [-0.15, -0.1) is 0 Å². The van der Waals surface area contributed by atoms with Gasteiger partial charge in [0.15, 0.2) is 11.5 Å². The highest BCUT2D eigenvalue weighted by Crippen LogP contribution is 2.32. The first-order chi connectivity index (χ1) is 12.7. The normalized spacial score (nSPS) is 12.0. The number of benzene rings is 2. The van der Waals surface area contributed by atoms with Crippen molar-refractivity contribution in [3.05, 3.63) is 77.5 Å². The average molecular weight is 346 g/mol. The molecular formula is C21H18N2O3. The summed E-state index contributed by atoms with van der Waals surface area (Å²) in [5, 5.41) is 2.92. The SMILES string of the molecule is Cc1ccnc(-c2ccc(C(=O)NCc3ccc4c(c3)OCO4)cc2)c1. The van der Waals surface area contributed by atoms with Crippen LogP contribution in [0.2, 0.25) is 0 Å². The Morgan fingerprint density at radius 2 is 1.85 bits per heavy atom. The van der Waals surface area contributed by atoms with Gasteiger partial charge in [-0.1, -0.05) is 18.2 Å². The van der Waals surface area contributed by atoms with Crippen LogP contribution in [-0.4, -0.2) is 17.7 Å². The Labute approximate surface area is 151 Å². The number of nitrogens with zero attached hydrogens (tertiary/aromatic N) is 1. The van der Waals surface area contributed by atoms with Crippen LogP contribution in [0.5, 0.6) is 11.5 Å². The Morgan fingerprint density at radius 1 is 1.04 bits per heavy atom. The molecule has 1 amide bonds. The van der Waals surface area contributed by atoms with Crippen LogP contribution in [-0.2, 0) is 6.54 Å². The molecule has 5 heteroatoms. The van der Waals surface area contributed by atoms with Gasteiger partial charge in [-0.05, 0) is 54.4 Å². The van der Waals surface area contributed by atoms with E-state index in [2.05, 4.69) is 10.3 Å². The van der Waals surface area contributed by atoms with Crippen molar-refractivity contribution in [1.29, 1.82) is 0 Å². The third kappa shape index (κ3) is 3.37. The standard InChI is InChI=1S/C21H18N2O3/c1-14-8-9-22-18(10-14)16-3-5-17(6-4-16)21(24)23-12-15-2-7-19-20(11-15)26-13-25-19/h2-11H,12-13H2,1H3,(H,23,24). The van der Waals surface area contributed by atoms with E-state index < -0.39 is 0 Å². The summed E-state index contributed by atoms with van der Waals surface area (Å²) >= 11 is 0. The van der Waals surface area contributed by atoms with Crippen LogP contribution in [0.15, 0.2) is 60.8 Å². The molecule has 2 aromatic carbocycles. The minimum absolute atomic E-state index is 0.119. The highest BCUT2D eigenvalue weighted by molar-refractivity contribution is 5.94. The van der Waals surface area contributed by atoms with Gasteiger partial charge in [-0.3, -0.25) is 9.78 Å². The number of nitrogens with one attached hydrogen (secondary N) is 1. The zero-order valence-corrected chi connectivity index (χ0v) is 14.4. The molecule has 1 aliphatic heterocycles. The van der Waals surface area contributed by atoms with Gasteiger partial charge >= 0.3 is 0 Å². The number of hydrogen-bond donors (Lipinski definition) is 1. The van der Waals surface area contributed by atoms with Crippen LogP contribution in [0.4, 0.5) is 0 Å². The average Bonchev–Trinajstić information content (AvgIpc) is 3.14. The summed E-state index contributed by atoms with van der Waals surface area (Å²) in [6, 6.07) is 17.1. The molecule has 130 valence electrons. The van der Waals surface area contributed by atoms with E-state index in [4.69, 9.17) is 9.47 Å². The van der Waals surface area contributed by atoms with Crippen LogP contribution in [0.25, 0.3) is 11.3 Å². The van der Waals surface area contributed by atoms with E-state index in [0.717, 1.165) is 28.1 Å². The van der Waals surface area contributed by atoms with Crippen LogP contribution < -0.4 is 14.8 Å². The lowest BCUT2D eigenvalue weighted by atomic mass is 10.1. The number of rotatable bonds is 4. The molecule has 1 aromatic heterocycles. The fraction of sp³-hybridized carbons (Fsp3) is 0.143. The Balaban J connectivity index is 1.42. The van der Waals surface area contributed by atoms with Gasteiger partial charge < -0.3 is 14.8 Å². The maximum atomic E-state index is 12.4. The van der Waals surface area contributed by atoms with Gasteiger partial charge in [0.1, 0.15) is 0 Å². The van der Waals surface area contributed by atoms with Crippen molar-refractivity contribution in [2.75, 3.05) is 6.79 Å². The Hall–Kier alpha value is -3.34. The number of amides is 1. The summed E-state index contributed by atoms with van der Waals surface area (Å²) in [6.07, 6.45) is 1.79. The minimum atomic E-state index is -0.119. The molecule has 4 rings (SSSR count). The molecule has 0 unspecified atom stereocenters. The van der Waals surface area contributed by atoms with Crippen molar-refractivity contribution < 1.29 is 14.3 Å². The van der Waals surface area contributed by atoms with Gasteiger partial charge in [0.25, 0.3) is 5.91 Å². The Bertz CT molecular complexity index is 952. The van der Waals surface area contributed by atoms with Crippen LogP contribution in [0, 0.1) is 6.92 Å². The zero-order valence-electron chi connectivity index (χ0n) is 14.4. The second-order valence-corrected chi connectivity index (χ2v) is 6.17. The topological polar surface area (TPSA) is 60.5 Å². The van der Waals surface area contributed by atoms with E-state index >= 15 is 0 Å².